The molecule has 32 heavy (non-hydrogen) atoms. The lowest BCUT2D eigenvalue weighted by Gasteiger charge is -2.26. The summed E-state index contributed by atoms with van der Waals surface area (Å²) in [7, 11) is -4.03. The Bertz CT molecular complexity index is 1330. The van der Waals surface area contributed by atoms with E-state index in [9.17, 15) is 18.9 Å². The number of nitrogen functional groups attached to an aromatic ring is 1. The third kappa shape index (κ3) is 3.89. The number of ether oxygens (including phenoxy) is 1. The molecule has 164 valence electrons. The second-order valence-corrected chi connectivity index (χ2v) is 9.19. The van der Waals surface area contributed by atoms with Crippen molar-refractivity contribution in [2.24, 2.45) is 0 Å². The fraction of sp³-hybridized carbons (Fsp3) is 0.333. The van der Waals surface area contributed by atoms with Gasteiger partial charge in [-0.25, -0.2) is 18.4 Å². The van der Waals surface area contributed by atoms with Gasteiger partial charge in [-0.2, -0.15) is 10.5 Å². The van der Waals surface area contributed by atoms with Gasteiger partial charge in [-0.3, -0.25) is 4.90 Å². The largest absolute Gasteiger partial charge is 0.384 e. The Morgan fingerprint density at radius 1 is 1.03 bits per heavy atom. The number of aromatic nitrogens is 3. The van der Waals surface area contributed by atoms with Crippen molar-refractivity contribution in [3.8, 4) is 12.1 Å². The molecule has 4 rings (SSSR count). The van der Waals surface area contributed by atoms with Crippen molar-refractivity contribution >= 4 is 26.8 Å². The zero-order valence-electron chi connectivity index (χ0n) is 17.2. The van der Waals surface area contributed by atoms with Crippen molar-refractivity contribution in [2.75, 3.05) is 38.6 Å². The number of aryl methyl sites for hydroxylation is 1. The summed E-state index contributed by atoms with van der Waals surface area (Å²) >= 11 is 0. The van der Waals surface area contributed by atoms with Crippen LogP contribution in [0.5, 0.6) is 0 Å². The molecule has 3 heterocycles. The smallest absolute Gasteiger partial charge is 0.212 e. The highest BCUT2D eigenvalue weighted by Gasteiger charge is 2.30. The van der Waals surface area contributed by atoms with Crippen LogP contribution in [0.1, 0.15) is 17.8 Å². The quantitative estimate of drug-likeness (QED) is 0.585. The number of nitriles is 2. The first-order valence-corrected chi connectivity index (χ1v) is 11.6. The molecule has 1 aromatic carbocycles. The van der Waals surface area contributed by atoms with Gasteiger partial charge in [0.15, 0.2) is 17.0 Å². The molecule has 0 radical (unpaired) electrons. The normalized spacial score (nSPS) is 14.8. The number of nitrogens with two attached hydrogens (primary N) is 1. The van der Waals surface area contributed by atoms with E-state index >= 15 is 0 Å². The second kappa shape index (κ2) is 8.93. The summed E-state index contributed by atoms with van der Waals surface area (Å²) in [6.45, 7) is 4.19. The molecular weight excluding hydrogens is 430 g/mol. The molecule has 11 heteroatoms. The molecule has 0 aliphatic carbocycles. The maximum absolute atomic E-state index is 13.4. The summed E-state index contributed by atoms with van der Waals surface area (Å²) in [5, 5.41) is 18.8. The molecule has 1 fully saturated rings. The van der Waals surface area contributed by atoms with Gasteiger partial charge in [0.05, 0.1) is 18.1 Å². The third-order valence-electron chi connectivity index (χ3n) is 5.37. The van der Waals surface area contributed by atoms with Crippen molar-refractivity contribution in [3.05, 3.63) is 41.7 Å². The van der Waals surface area contributed by atoms with Gasteiger partial charge in [0.2, 0.25) is 9.84 Å². The van der Waals surface area contributed by atoms with Crippen LogP contribution in [0.3, 0.4) is 0 Å². The van der Waals surface area contributed by atoms with E-state index in [2.05, 4.69) is 14.9 Å². The van der Waals surface area contributed by atoms with Gasteiger partial charge in [-0.1, -0.05) is 18.2 Å². The van der Waals surface area contributed by atoms with E-state index < -0.39 is 9.84 Å². The van der Waals surface area contributed by atoms with E-state index in [4.69, 9.17) is 10.5 Å². The number of fused-ring (bicyclic) bond motifs is 1. The van der Waals surface area contributed by atoms with Crippen LogP contribution in [0.4, 0.5) is 5.82 Å². The van der Waals surface area contributed by atoms with Crippen molar-refractivity contribution in [2.45, 2.75) is 22.8 Å². The Balaban J connectivity index is 1.82. The van der Waals surface area contributed by atoms with Gasteiger partial charge in [0.1, 0.15) is 28.4 Å². The fourth-order valence-electron chi connectivity index (χ4n) is 3.77. The Morgan fingerprint density at radius 3 is 2.34 bits per heavy atom. The molecule has 10 nitrogen and oxygen atoms in total. The van der Waals surface area contributed by atoms with Crippen molar-refractivity contribution in [3.63, 3.8) is 0 Å². The predicted molar refractivity (Wildman–Crippen MR) is 115 cm³/mol. The van der Waals surface area contributed by atoms with E-state index in [-0.39, 0.29) is 38.2 Å². The summed E-state index contributed by atoms with van der Waals surface area (Å²) < 4.78 is 33.8. The van der Waals surface area contributed by atoms with E-state index in [0.717, 1.165) is 19.6 Å². The van der Waals surface area contributed by atoms with E-state index in [0.29, 0.717) is 26.2 Å². The van der Waals surface area contributed by atoms with Crippen LogP contribution >= 0.6 is 0 Å². The highest BCUT2D eigenvalue weighted by atomic mass is 32.2. The number of anilines is 1. The lowest BCUT2D eigenvalue weighted by Crippen LogP contribution is -2.37. The SMILES string of the molecule is N#Cc1nc2c(S(=O)(=O)c3ccccc3)c(N)n(CCCN3CCOCC3)c2nc1C#N. The lowest BCUT2D eigenvalue weighted by atomic mass is 10.3. The molecule has 0 spiro atoms. The number of benzene rings is 1. The minimum absolute atomic E-state index is 0.00623. The Hall–Kier alpha value is -3.51. The molecule has 0 saturated carbocycles. The molecule has 2 aromatic heterocycles. The summed E-state index contributed by atoms with van der Waals surface area (Å²) in [6, 6.07) is 11.5. The van der Waals surface area contributed by atoms with Crippen LogP contribution in [-0.4, -0.2) is 60.7 Å². The molecule has 1 aliphatic heterocycles. The Labute approximate surface area is 185 Å². The number of sulfone groups is 1. The van der Waals surface area contributed by atoms with E-state index in [1.54, 1.807) is 22.8 Å². The molecular formula is C21H21N7O3S. The molecule has 0 bridgehead atoms. The van der Waals surface area contributed by atoms with Crippen LogP contribution in [0.2, 0.25) is 0 Å². The molecule has 3 aromatic rings. The number of nitrogens with zero attached hydrogens (tertiary/aromatic N) is 6. The van der Waals surface area contributed by atoms with Gasteiger partial charge in [-0.15, -0.1) is 0 Å². The van der Waals surface area contributed by atoms with Crippen LogP contribution < -0.4 is 5.73 Å². The zero-order valence-corrected chi connectivity index (χ0v) is 18.0. The molecule has 2 N–H and O–H groups in total. The minimum Gasteiger partial charge on any atom is -0.384 e. The molecule has 0 amide bonds. The fourth-order valence-corrected chi connectivity index (χ4v) is 5.30. The summed E-state index contributed by atoms with van der Waals surface area (Å²) in [6.07, 6.45) is 0.683. The maximum atomic E-state index is 13.4. The number of rotatable bonds is 6. The Kier molecular flexibility index (Phi) is 6.06. The summed E-state index contributed by atoms with van der Waals surface area (Å²) in [5.41, 5.74) is 6.10. The van der Waals surface area contributed by atoms with Gasteiger partial charge >= 0.3 is 0 Å². The minimum atomic E-state index is -4.03. The van der Waals surface area contributed by atoms with Crippen molar-refractivity contribution < 1.29 is 13.2 Å². The van der Waals surface area contributed by atoms with E-state index in [1.807, 2.05) is 12.1 Å². The Morgan fingerprint density at radius 2 is 1.69 bits per heavy atom. The molecule has 0 atom stereocenters. The van der Waals surface area contributed by atoms with Gasteiger partial charge in [0.25, 0.3) is 0 Å². The van der Waals surface area contributed by atoms with Crippen LogP contribution in [0.15, 0.2) is 40.1 Å². The van der Waals surface area contributed by atoms with E-state index in [1.165, 1.54) is 12.1 Å². The summed E-state index contributed by atoms with van der Waals surface area (Å²) in [4.78, 5) is 10.6. The van der Waals surface area contributed by atoms with Gasteiger partial charge in [0, 0.05) is 26.2 Å². The summed E-state index contributed by atoms with van der Waals surface area (Å²) in [5.74, 6) is -0.00944. The molecule has 1 aliphatic rings. The van der Waals surface area contributed by atoms with Crippen molar-refractivity contribution in [1.82, 2.24) is 19.4 Å². The topological polar surface area (TPSA) is 151 Å². The molecule has 1 saturated heterocycles. The third-order valence-corrected chi connectivity index (χ3v) is 7.20. The van der Waals surface area contributed by atoms with Crippen LogP contribution in [0.25, 0.3) is 11.2 Å². The monoisotopic (exact) mass is 451 g/mol. The first kappa shape index (κ1) is 21.7. The highest BCUT2D eigenvalue weighted by molar-refractivity contribution is 7.92. The second-order valence-electron chi connectivity index (χ2n) is 7.31. The highest BCUT2D eigenvalue weighted by Crippen LogP contribution is 2.34. The number of hydrogen-bond donors (Lipinski definition) is 1. The van der Waals surface area contributed by atoms with Crippen LogP contribution in [0, 0.1) is 22.7 Å². The standard InChI is InChI=1S/C21H21N7O3S/c22-13-16-17(14-23)26-21-18(25-16)19(32(29,30)15-5-2-1-3-6-15)20(24)28(21)8-4-7-27-9-11-31-12-10-27/h1-3,5-6H,4,7-12,24H2. The predicted octanol–water partition coefficient (Wildman–Crippen LogP) is 1.31. The van der Waals surface area contributed by atoms with Gasteiger partial charge < -0.3 is 15.0 Å². The average Bonchev–Trinajstić information content (AvgIpc) is 3.10. The number of hydrogen-bond acceptors (Lipinski definition) is 9. The molecule has 0 unspecified atom stereocenters. The number of morpholine rings is 1. The van der Waals surface area contributed by atoms with Crippen molar-refractivity contribution in [1.29, 1.82) is 10.5 Å². The first-order chi connectivity index (χ1) is 15.5. The first-order valence-electron chi connectivity index (χ1n) is 10.1. The van der Waals surface area contributed by atoms with Gasteiger partial charge in [-0.05, 0) is 18.6 Å². The lowest BCUT2D eigenvalue weighted by molar-refractivity contribution is 0.0370. The zero-order chi connectivity index (χ0) is 22.7. The van der Waals surface area contributed by atoms with Crippen LogP contribution in [-0.2, 0) is 21.1 Å². The maximum Gasteiger partial charge on any atom is 0.212 e. The average molecular weight is 452 g/mol.